The van der Waals surface area contributed by atoms with Gasteiger partial charge in [-0.1, -0.05) is 129 Å². The maximum Gasteiger partial charge on any atom is 0.268 e. The summed E-state index contributed by atoms with van der Waals surface area (Å²) >= 11 is 0. The number of quaternary nitrogens is 1. The molecule has 0 heterocycles. The summed E-state index contributed by atoms with van der Waals surface area (Å²) in [6.07, 6.45) is 25.4. The Labute approximate surface area is 259 Å². The largest absolute Gasteiger partial charge is 0.756 e. The van der Waals surface area contributed by atoms with Crippen LogP contribution in [0.4, 0.5) is 0 Å². The number of phosphoric acid groups is 1. The first-order valence-electron chi connectivity index (χ1n) is 17.1. The lowest BCUT2D eigenvalue weighted by Gasteiger charge is -2.29. The average molecular weight is 619 g/mol. The van der Waals surface area contributed by atoms with Gasteiger partial charge in [0.2, 0.25) is 5.91 Å². The zero-order chi connectivity index (χ0) is 31.5. The van der Waals surface area contributed by atoms with Crippen molar-refractivity contribution in [2.24, 2.45) is 0 Å². The van der Waals surface area contributed by atoms with Crippen LogP contribution in [0.25, 0.3) is 0 Å². The van der Waals surface area contributed by atoms with E-state index >= 15 is 0 Å². The summed E-state index contributed by atoms with van der Waals surface area (Å²) in [6, 6.07) is -0.875. The van der Waals surface area contributed by atoms with Crippen LogP contribution < -0.4 is 10.2 Å². The van der Waals surface area contributed by atoms with E-state index in [4.69, 9.17) is 9.05 Å². The number of nitrogens with one attached hydrogen (secondary N) is 1. The fourth-order valence-corrected chi connectivity index (χ4v) is 5.40. The number of hydrogen-bond acceptors (Lipinski definition) is 6. The van der Waals surface area contributed by atoms with Crippen LogP contribution in [0.2, 0.25) is 0 Å². The Morgan fingerprint density at radius 2 is 1.29 bits per heavy atom. The zero-order valence-corrected chi connectivity index (χ0v) is 28.9. The van der Waals surface area contributed by atoms with E-state index < -0.39 is 20.0 Å². The van der Waals surface area contributed by atoms with Crippen molar-refractivity contribution in [1.29, 1.82) is 0 Å². The summed E-state index contributed by atoms with van der Waals surface area (Å²) in [4.78, 5) is 25.0. The predicted molar refractivity (Wildman–Crippen MR) is 173 cm³/mol. The van der Waals surface area contributed by atoms with Gasteiger partial charge in [0.1, 0.15) is 13.2 Å². The highest BCUT2D eigenvalue weighted by Gasteiger charge is 2.23. The first-order valence-corrected chi connectivity index (χ1v) is 18.5. The van der Waals surface area contributed by atoms with Crippen LogP contribution in [0.3, 0.4) is 0 Å². The Hall–Kier alpha value is -0.760. The van der Waals surface area contributed by atoms with Gasteiger partial charge in [0, 0.05) is 6.42 Å². The van der Waals surface area contributed by atoms with Gasteiger partial charge < -0.3 is 28.8 Å². The molecule has 42 heavy (non-hydrogen) atoms. The van der Waals surface area contributed by atoms with E-state index in [1.807, 2.05) is 27.2 Å². The molecular weight excluding hydrogens is 551 g/mol. The Bertz CT molecular complexity index is 713. The molecule has 0 aliphatic heterocycles. The normalized spacial score (nSPS) is 15.1. The minimum atomic E-state index is -4.56. The molecule has 0 fully saturated rings. The van der Waals surface area contributed by atoms with Crippen molar-refractivity contribution in [3.05, 3.63) is 12.2 Å². The number of allylic oxidation sites excluding steroid dienone is 1. The first-order chi connectivity index (χ1) is 20.0. The van der Waals surface area contributed by atoms with E-state index in [0.717, 1.165) is 38.5 Å². The van der Waals surface area contributed by atoms with Gasteiger partial charge in [0.05, 0.1) is 39.9 Å². The van der Waals surface area contributed by atoms with Crippen LogP contribution in [0.1, 0.15) is 142 Å². The molecule has 9 heteroatoms. The summed E-state index contributed by atoms with van der Waals surface area (Å²) in [5, 5.41) is 13.6. The third-order valence-electron chi connectivity index (χ3n) is 7.50. The Morgan fingerprint density at radius 1 is 0.810 bits per heavy atom. The van der Waals surface area contributed by atoms with Crippen LogP contribution >= 0.6 is 7.82 Å². The van der Waals surface area contributed by atoms with Crippen molar-refractivity contribution in [2.75, 3.05) is 40.9 Å². The molecule has 0 radical (unpaired) electrons. The third kappa shape index (κ3) is 28.0. The van der Waals surface area contributed by atoms with Gasteiger partial charge in [-0.3, -0.25) is 9.36 Å². The van der Waals surface area contributed by atoms with Crippen LogP contribution in [0, 0.1) is 0 Å². The molecule has 0 aromatic carbocycles. The lowest BCUT2D eigenvalue weighted by atomic mass is 10.1. The fraction of sp³-hybridized carbons (Fsp3) is 0.909. The fourth-order valence-electron chi connectivity index (χ4n) is 4.68. The maximum atomic E-state index is 12.7. The summed E-state index contributed by atoms with van der Waals surface area (Å²) in [5.41, 5.74) is 0. The zero-order valence-electron chi connectivity index (χ0n) is 28.0. The molecule has 0 saturated carbocycles. The molecule has 0 spiro atoms. The highest BCUT2D eigenvalue weighted by molar-refractivity contribution is 7.45. The molecule has 2 N–H and O–H groups in total. The maximum absolute atomic E-state index is 12.7. The molecule has 0 bridgehead atoms. The second kappa shape index (κ2) is 26.6. The first kappa shape index (κ1) is 41.2. The Morgan fingerprint density at radius 3 is 1.79 bits per heavy atom. The van der Waals surface area contributed by atoms with E-state index in [1.54, 1.807) is 6.08 Å². The van der Waals surface area contributed by atoms with Crippen LogP contribution in [-0.2, 0) is 18.4 Å². The number of phosphoric ester groups is 1. The molecule has 0 aliphatic rings. The molecule has 8 nitrogen and oxygen atoms in total. The third-order valence-corrected chi connectivity index (χ3v) is 8.46. The number of aliphatic hydroxyl groups excluding tert-OH is 1. The summed E-state index contributed by atoms with van der Waals surface area (Å²) in [7, 11) is 1.26. The molecule has 3 atom stereocenters. The van der Waals surface area contributed by atoms with Gasteiger partial charge in [0.25, 0.3) is 7.82 Å². The van der Waals surface area contributed by atoms with Crippen molar-refractivity contribution in [1.82, 2.24) is 5.32 Å². The summed E-state index contributed by atoms with van der Waals surface area (Å²) in [6.45, 7) is 4.58. The highest BCUT2D eigenvalue weighted by atomic mass is 31.2. The number of aliphatic hydroxyl groups is 1. The van der Waals surface area contributed by atoms with Gasteiger partial charge in [-0.05, 0) is 19.3 Å². The van der Waals surface area contributed by atoms with Gasteiger partial charge in [-0.15, -0.1) is 0 Å². The number of hydrogen-bond donors (Lipinski definition) is 2. The number of unbranched alkanes of at least 4 members (excludes halogenated alkanes) is 17. The van der Waals surface area contributed by atoms with Gasteiger partial charge in [0.15, 0.2) is 0 Å². The van der Waals surface area contributed by atoms with Crippen molar-refractivity contribution in [2.45, 2.75) is 154 Å². The SMILES string of the molecule is CCCCCCCCCC/C=C/[C@@H](O)[C@H](COP(=O)([O-])OCC[N+](C)(C)C)NC(=O)CCCCCCCCCCCC. The molecule has 0 aromatic heterocycles. The lowest BCUT2D eigenvalue weighted by molar-refractivity contribution is -0.870. The predicted octanol–water partition coefficient (Wildman–Crippen LogP) is 7.44. The van der Waals surface area contributed by atoms with E-state index in [9.17, 15) is 19.4 Å². The Balaban J connectivity index is 4.62. The van der Waals surface area contributed by atoms with E-state index in [1.165, 1.54) is 83.5 Å². The number of likely N-dealkylation sites (N-methyl/N-ethyl adjacent to an activating group) is 1. The van der Waals surface area contributed by atoms with Crippen molar-refractivity contribution < 1.29 is 32.9 Å². The molecule has 1 unspecified atom stereocenters. The van der Waals surface area contributed by atoms with E-state index in [-0.39, 0.29) is 19.1 Å². The van der Waals surface area contributed by atoms with Crippen molar-refractivity contribution >= 4 is 13.7 Å². The van der Waals surface area contributed by atoms with E-state index in [0.29, 0.717) is 17.4 Å². The van der Waals surface area contributed by atoms with Crippen LogP contribution in [0.15, 0.2) is 12.2 Å². The minimum absolute atomic E-state index is 0.00110. The topological polar surface area (TPSA) is 108 Å². The minimum Gasteiger partial charge on any atom is -0.756 e. The van der Waals surface area contributed by atoms with E-state index in [2.05, 4.69) is 19.2 Å². The van der Waals surface area contributed by atoms with Gasteiger partial charge in [-0.2, -0.15) is 0 Å². The smallest absolute Gasteiger partial charge is 0.268 e. The number of rotatable bonds is 30. The molecule has 250 valence electrons. The average Bonchev–Trinajstić information content (AvgIpc) is 2.92. The monoisotopic (exact) mass is 618 g/mol. The number of carbonyl (C=O) groups excluding carboxylic acids is 1. The number of carbonyl (C=O) groups is 1. The van der Waals surface area contributed by atoms with Crippen molar-refractivity contribution in [3.63, 3.8) is 0 Å². The second-order valence-corrected chi connectivity index (χ2v) is 14.3. The summed E-state index contributed by atoms with van der Waals surface area (Å²) < 4.78 is 23.0. The van der Waals surface area contributed by atoms with Gasteiger partial charge >= 0.3 is 0 Å². The van der Waals surface area contributed by atoms with Crippen LogP contribution in [0.5, 0.6) is 0 Å². The van der Waals surface area contributed by atoms with Crippen molar-refractivity contribution in [3.8, 4) is 0 Å². The quantitative estimate of drug-likeness (QED) is 0.0375. The highest BCUT2D eigenvalue weighted by Crippen LogP contribution is 2.38. The molecule has 0 rings (SSSR count). The number of amides is 1. The standard InChI is InChI=1S/C33H67N2O6P/c1-6-8-10-12-14-16-18-20-22-24-26-32(36)31(30-41-42(38,39)40-29-28-35(3,4)5)34-33(37)27-25-23-21-19-17-15-13-11-9-7-2/h24,26,31-32,36H,6-23,25,27-30H2,1-5H3,(H-,34,37,38,39)/b26-24+/t31-,32+/m0/s1. The molecule has 1 amide bonds. The second-order valence-electron chi connectivity index (χ2n) is 12.9. The number of nitrogens with zero attached hydrogens (tertiary/aromatic N) is 1. The van der Waals surface area contributed by atoms with Crippen LogP contribution in [-0.4, -0.2) is 68.5 Å². The lowest BCUT2D eigenvalue weighted by Crippen LogP contribution is -2.45. The summed E-state index contributed by atoms with van der Waals surface area (Å²) in [5.74, 6) is -0.203. The molecular formula is C33H67N2O6P. The van der Waals surface area contributed by atoms with Gasteiger partial charge in [-0.25, -0.2) is 0 Å². The molecule has 0 aromatic rings. The molecule has 0 saturated heterocycles. The molecule has 0 aliphatic carbocycles. The Kier molecular flexibility index (Phi) is 26.1.